The van der Waals surface area contributed by atoms with Crippen molar-refractivity contribution in [3.63, 3.8) is 0 Å². The van der Waals surface area contributed by atoms with Gasteiger partial charge in [0.25, 0.3) is 0 Å². The van der Waals surface area contributed by atoms with E-state index in [2.05, 4.69) is 4.74 Å². The number of aliphatic hydroxyl groups excluding tert-OH is 3. The van der Waals surface area contributed by atoms with E-state index in [1.165, 1.54) is 0 Å². The van der Waals surface area contributed by atoms with Crippen LogP contribution in [0.3, 0.4) is 0 Å². The van der Waals surface area contributed by atoms with Crippen LogP contribution >= 0.6 is 0 Å². The third kappa shape index (κ3) is 1.21. The molecular formula is C5H9O4. The molecule has 9 heavy (non-hydrogen) atoms. The van der Waals surface area contributed by atoms with E-state index in [9.17, 15) is 0 Å². The van der Waals surface area contributed by atoms with Gasteiger partial charge in [0, 0.05) is 0 Å². The Morgan fingerprint density at radius 2 is 2.11 bits per heavy atom. The Bertz CT molecular complexity index is 95.0. The average molecular weight is 133 g/mol. The zero-order valence-corrected chi connectivity index (χ0v) is 4.77. The second-order valence-corrected chi connectivity index (χ2v) is 1.97. The van der Waals surface area contributed by atoms with Crippen molar-refractivity contribution in [1.82, 2.24) is 0 Å². The number of rotatable bonds is 1. The highest BCUT2D eigenvalue weighted by atomic mass is 16.5. The third-order valence-corrected chi connectivity index (χ3v) is 1.30. The van der Waals surface area contributed by atoms with Gasteiger partial charge in [-0.3, -0.25) is 0 Å². The van der Waals surface area contributed by atoms with Gasteiger partial charge in [0.15, 0.2) is 0 Å². The van der Waals surface area contributed by atoms with Gasteiger partial charge in [-0.2, -0.15) is 0 Å². The minimum atomic E-state index is -0.977. The molecule has 0 saturated carbocycles. The lowest BCUT2D eigenvalue weighted by Gasteiger charge is -2.10. The summed E-state index contributed by atoms with van der Waals surface area (Å²) in [6, 6.07) is 0. The SMILES string of the molecule is OCC1O[CH][C@@H](O)[C@H]1O. The van der Waals surface area contributed by atoms with E-state index in [4.69, 9.17) is 15.3 Å². The van der Waals surface area contributed by atoms with Crippen molar-refractivity contribution in [2.24, 2.45) is 0 Å². The zero-order chi connectivity index (χ0) is 6.85. The largest absolute Gasteiger partial charge is 0.394 e. The van der Waals surface area contributed by atoms with E-state index in [0.717, 1.165) is 6.61 Å². The fourth-order valence-electron chi connectivity index (χ4n) is 0.713. The normalized spacial score (nSPS) is 43.7. The number of hydrogen-bond donors (Lipinski definition) is 3. The quantitative estimate of drug-likeness (QED) is 0.397. The highest BCUT2D eigenvalue weighted by molar-refractivity contribution is 4.89. The first-order valence-corrected chi connectivity index (χ1v) is 2.71. The molecule has 0 aromatic carbocycles. The Kier molecular flexibility index (Phi) is 2.02. The Morgan fingerprint density at radius 1 is 1.44 bits per heavy atom. The monoisotopic (exact) mass is 133 g/mol. The summed E-state index contributed by atoms with van der Waals surface area (Å²) in [5, 5.41) is 26.1. The summed E-state index contributed by atoms with van der Waals surface area (Å²) >= 11 is 0. The zero-order valence-electron chi connectivity index (χ0n) is 4.77. The summed E-state index contributed by atoms with van der Waals surface area (Å²) < 4.78 is 4.65. The fraction of sp³-hybridized carbons (Fsp3) is 0.800. The maximum atomic E-state index is 8.89. The number of ether oxygens (including phenoxy) is 1. The molecule has 1 saturated heterocycles. The van der Waals surface area contributed by atoms with Gasteiger partial charge < -0.3 is 20.1 Å². The molecule has 1 rings (SSSR count). The summed E-state index contributed by atoms with van der Waals surface area (Å²) in [5.74, 6) is 0. The smallest absolute Gasteiger partial charge is 0.115 e. The van der Waals surface area contributed by atoms with Crippen LogP contribution in [0.25, 0.3) is 0 Å². The summed E-state index contributed by atoms with van der Waals surface area (Å²) in [5.41, 5.74) is 0. The molecule has 0 aliphatic carbocycles. The predicted molar refractivity (Wildman–Crippen MR) is 28.3 cm³/mol. The first-order chi connectivity index (χ1) is 4.25. The molecule has 0 spiro atoms. The van der Waals surface area contributed by atoms with Crippen molar-refractivity contribution in [1.29, 1.82) is 0 Å². The van der Waals surface area contributed by atoms with E-state index in [1.807, 2.05) is 0 Å². The van der Waals surface area contributed by atoms with Crippen LogP contribution in [0, 0.1) is 6.61 Å². The standard InChI is InChI=1S/C5H9O4/c6-1-4-5(8)3(7)2-9-4/h2-8H,1H2/t3-,4?,5-/m1/s1. The Labute approximate surface area is 52.7 Å². The maximum Gasteiger partial charge on any atom is 0.115 e. The summed E-state index contributed by atoms with van der Waals surface area (Å²) in [6.45, 7) is 0.848. The van der Waals surface area contributed by atoms with Crippen LogP contribution in [0.15, 0.2) is 0 Å². The molecule has 1 heterocycles. The number of aliphatic hydroxyl groups is 3. The van der Waals surface area contributed by atoms with Gasteiger partial charge in [0.1, 0.15) is 24.9 Å². The predicted octanol–water partition coefficient (Wildman–Crippen LogP) is -1.74. The minimum absolute atomic E-state index is 0.269. The first-order valence-electron chi connectivity index (χ1n) is 2.71. The second-order valence-electron chi connectivity index (χ2n) is 1.97. The first kappa shape index (κ1) is 6.95. The molecule has 0 aromatic rings. The van der Waals surface area contributed by atoms with Crippen molar-refractivity contribution in [3.05, 3.63) is 6.61 Å². The summed E-state index contributed by atoms with van der Waals surface area (Å²) in [4.78, 5) is 0. The van der Waals surface area contributed by atoms with E-state index < -0.39 is 18.3 Å². The van der Waals surface area contributed by atoms with E-state index in [0.29, 0.717) is 0 Å². The van der Waals surface area contributed by atoms with Gasteiger partial charge in [-0.1, -0.05) is 0 Å². The van der Waals surface area contributed by atoms with Crippen molar-refractivity contribution in [2.75, 3.05) is 6.61 Å². The van der Waals surface area contributed by atoms with Crippen LogP contribution in [-0.4, -0.2) is 40.2 Å². The molecule has 1 aliphatic rings. The molecule has 3 N–H and O–H groups in total. The van der Waals surface area contributed by atoms with Crippen LogP contribution in [0.2, 0.25) is 0 Å². The Balaban J connectivity index is 2.41. The van der Waals surface area contributed by atoms with Crippen molar-refractivity contribution >= 4 is 0 Å². The highest BCUT2D eigenvalue weighted by Crippen LogP contribution is 2.16. The molecule has 1 radical (unpaired) electrons. The Hall–Kier alpha value is -0.160. The molecule has 0 amide bonds. The number of hydrogen-bond acceptors (Lipinski definition) is 4. The lowest BCUT2D eigenvalue weighted by molar-refractivity contribution is -0.00317. The second kappa shape index (κ2) is 2.62. The van der Waals surface area contributed by atoms with Crippen LogP contribution in [0.4, 0.5) is 0 Å². The van der Waals surface area contributed by atoms with Crippen LogP contribution < -0.4 is 0 Å². The maximum absolute atomic E-state index is 8.89. The molecular weight excluding hydrogens is 124 g/mol. The molecule has 1 aliphatic heterocycles. The third-order valence-electron chi connectivity index (χ3n) is 1.30. The molecule has 4 heteroatoms. The molecule has 1 unspecified atom stereocenters. The van der Waals surface area contributed by atoms with Gasteiger partial charge >= 0.3 is 0 Å². The molecule has 1 fully saturated rings. The van der Waals surface area contributed by atoms with Gasteiger partial charge in [0.2, 0.25) is 0 Å². The molecule has 4 nitrogen and oxygen atoms in total. The van der Waals surface area contributed by atoms with Crippen LogP contribution in [0.1, 0.15) is 0 Å². The van der Waals surface area contributed by atoms with Gasteiger partial charge in [-0.15, -0.1) is 0 Å². The van der Waals surface area contributed by atoms with Crippen LogP contribution in [-0.2, 0) is 4.74 Å². The molecule has 3 atom stereocenters. The molecule has 0 aromatic heterocycles. The molecule has 0 bridgehead atoms. The average Bonchev–Trinajstić information content (AvgIpc) is 2.15. The highest BCUT2D eigenvalue weighted by Gasteiger charge is 2.34. The molecule has 53 valence electrons. The topological polar surface area (TPSA) is 69.9 Å². The summed E-state index contributed by atoms with van der Waals surface area (Å²) in [7, 11) is 0. The van der Waals surface area contributed by atoms with E-state index in [1.54, 1.807) is 0 Å². The lowest BCUT2D eigenvalue weighted by atomic mass is 10.2. The minimum Gasteiger partial charge on any atom is -0.394 e. The van der Waals surface area contributed by atoms with E-state index >= 15 is 0 Å². The van der Waals surface area contributed by atoms with Gasteiger partial charge in [-0.05, 0) is 0 Å². The Morgan fingerprint density at radius 3 is 2.33 bits per heavy atom. The fourth-order valence-corrected chi connectivity index (χ4v) is 0.713. The summed E-state index contributed by atoms with van der Waals surface area (Å²) in [6.07, 6.45) is -2.59. The lowest BCUT2D eigenvalue weighted by Crippen LogP contribution is -2.31. The van der Waals surface area contributed by atoms with Gasteiger partial charge in [0.05, 0.1) is 6.61 Å². The van der Waals surface area contributed by atoms with Crippen LogP contribution in [0.5, 0.6) is 0 Å². The van der Waals surface area contributed by atoms with Crippen molar-refractivity contribution in [3.8, 4) is 0 Å². The van der Waals surface area contributed by atoms with Crippen molar-refractivity contribution in [2.45, 2.75) is 18.3 Å². The van der Waals surface area contributed by atoms with Gasteiger partial charge in [-0.25, -0.2) is 0 Å². The van der Waals surface area contributed by atoms with E-state index in [-0.39, 0.29) is 6.61 Å². The van der Waals surface area contributed by atoms with Crippen molar-refractivity contribution < 1.29 is 20.1 Å².